The van der Waals surface area contributed by atoms with E-state index in [9.17, 15) is 14.7 Å². The highest BCUT2D eigenvalue weighted by Gasteiger charge is 2.28. The average molecular weight is 315 g/mol. The molecule has 23 heavy (non-hydrogen) atoms. The number of anilines is 1. The molecule has 0 aliphatic heterocycles. The van der Waals surface area contributed by atoms with E-state index in [-0.39, 0.29) is 0 Å². The Bertz CT molecular complexity index is 673. The van der Waals surface area contributed by atoms with Crippen LogP contribution in [-0.2, 0) is 9.59 Å². The van der Waals surface area contributed by atoms with Crippen LogP contribution in [0.1, 0.15) is 0 Å². The summed E-state index contributed by atoms with van der Waals surface area (Å²) in [6, 6.07) is 14.5. The molecule has 2 rings (SSSR count). The summed E-state index contributed by atoms with van der Waals surface area (Å²) in [5, 5.41) is 12.3. The molecule has 0 fully saturated rings. The molecule has 0 saturated heterocycles. The summed E-state index contributed by atoms with van der Waals surface area (Å²) in [4.78, 5) is 22.3. The molecule has 2 amide bonds. The van der Waals surface area contributed by atoms with Gasteiger partial charge in [-0.2, -0.15) is 0 Å². The highest BCUT2D eigenvalue weighted by atomic mass is 16.5. The Kier molecular flexibility index (Phi) is 5.16. The number of nitrogens with two attached hydrogens (primary N) is 2. The second-order valence-corrected chi connectivity index (χ2v) is 4.81. The van der Waals surface area contributed by atoms with Crippen molar-refractivity contribution < 1.29 is 19.4 Å². The lowest BCUT2D eigenvalue weighted by atomic mass is 10.1. The Morgan fingerprint density at radius 3 is 2.00 bits per heavy atom. The molecule has 0 aliphatic rings. The fourth-order valence-electron chi connectivity index (χ4n) is 1.89. The summed E-state index contributed by atoms with van der Waals surface area (Å²) < 4.78 is 5.63. The summed E-state index contributed by atoms with van der Waals surface area (Å²) in [7, 11) is 0. The van der Waals surface area contributed by atoms with Gasteiger partial charge >= 0.3 is 0 Å². The minimum atomic E-state index is -1.72. The van der Waals surface area contributed by atoms with Gasteiger partial charge in [0.1, 0.15) is 17.5 Å². The van der Waals surface area contributed by atoms with Crippen LogP contribution in [0.2, 0.25) is 0 Å². The molecular weight excluding hydrogens is 298 g/mol. The predicted molar refractivity (Wildman–Crippen MR) is 84.8 cm³/mol. The molecule has 120 valence electrons. The molecular formula is C16H17N3O4. The molecule has 0 saturated carbocycles. The highest BCUT2D eigenvalue weighted by molar-refractivity contribution is 5.92. The number of carbonyl (C=O) groups is 2. The molecule has 0 aliphatic carbocycles. The van der Waals surface area contributed by atoms with Crippen molar-refractivity contribution in [2.45, 2.75) is 12.1 Å². The van der Waals surface area contributed by atoms with Crippen molar-refractivity contribution in [2.24, 2.45) is 11.5 Å². The molecule has 7 heteroatoms. The third-order valence-corrected chi connectivity index (χ3v) is 3.07. The third kappa shape index (κ3) is 4.45. The summed E-state index contributed by atoms with van der Waals surface area (Å²) >= 11 is 0. The van der Waals surface area contributed by atoms with E-state index in [1.54, 1.807) is 24.3 Å². The first-order valence-corrected chi connectivity index (χ1v) is 6.83. The number of rotatable bonds is 7. The zero-order chi connectivity index (χ0) is 16.8. The number of aliphatic hydroxyl groups is 1. The van der Waals surface area contributed by atoms with Gasteiger partial charge in [-0.3, -0.25) is 9.59 Å². The highest BCUT2D eigenvalue weighted by Crippen LogP contribution is 2.23. The largest absolute Gasteiger partial charge is 0.457 e. The molecule has 0 aromatic heterocycles. The van der Waals surface area contributed by atoms with Crippen molar-refractivity contribution in [1.29, 1.82) is 0 Å². The van der Waals surface area contributed by atoms with Gasteiger partial charge in [-0.25, -0.2) is 0 Å². The SMILES string of the molecule is NC(=O)C(O)C(Nc1ccc(Oc2ccccc2)cc1)C(N)=O. The van der Waals surface area contributed by atoms with E-state index in [1.165, 1.54) is 0 Å². The van der Waals surface area contributed by atoms with Gasteiger partial charge in [-0.05, 0) is 36.4 Å². The molecule has 6 N–H and O–H groups in total. The van der Waals surface area contributed by atoms with Crippen LogP contribution in [0, 0.1) is 0 Å². The van der Waals surface area contributed by atoms with Crippen LogP contribution in [0.15, 0.2) is 54.6 Å². The molecule has 0 radical (unpaired) electrons. The Balaban J connectivity index is 2.06. The minimum Gasteiger partial charge on any atom is -0.457 e. The zero-order valence-electron chi connectivity index (χ0n) is 12.2. The summed E-state index contributed by atoms with van der Waals surface area (Å²) in [6.45, 7) is 0. The van der Waals surface area contributed by atoms with Crippen LogP contribution in [0.3, 0.4) is 0 Å². The van der Waals surface area contributed by atoms with E-state index in [4.69, 9.17) is 16.2 Å². The Hall–Kier alpha value is -3.06. The normalized spacial score (nSPS) is 12.9. The molecule has 0 bridgehead atoms. The minimum absolute atomic E-state index is 0.481. The number of benzene rings is 2. The number of nitrogens with one attached hydrogen (secondary N) is 1. The smallest absolute Gasteiger partial charge is 0.248 e. The monoisotopic (exact) mass is 315 g/mol. The average Bonchev–Trinajstić information content (AvgIpc) is 2.54. The van der Waals surface area contributed by atoms with Crippen LogP contribution >= 0.6 is 0 Å². The summed E-state index contributed by atoms with van der Waals surface area (Å²) in [5.74, 6) is -0.647. The van der Waals surface area contributed by atoms with E-state index in [2.05, 4.69) is 5.32 Å². The van der Waals surface area contributed by atoms with Gasteiger partial charge in [0.05, 0.1) is 0 Å². The maximum atomic E-state index is 11.3. The number of hydrogen-bond acceptors (Lipinski definition) is 5. The summed E-state index contributed by atoms with van der Waals surface area (Å²) in [5.41, 5.74) is 10.6. The fourth-order valence-corrected chi connectivity index (χ4v) is 1.89. The Labute approximate surface area is 132 Å². The number of hydrogen-bond donors (Lipinski definition) is 4. The lowest BCUT2D eigenvalue weighted by Gasteiger charge is -2.20. The van der Waals surface area contributed by atoms with E-state index < -0.39 is 24.0 Å². The first-order chi connectivity index (χ1) is 11.0. The maximum absolute atomic E-state index is 11.3. The quantitative estimate of drug-likeness (QED) is 0.594. The van der Waals surface area contributed by atoms with Crippen molar-refractivity contribution in [3.05, 3.63) is 54.6 Å². The number of amides is 2. The van der Waals surface area contributed by atoms with Gasteiger partial charge in [-0.15, -0.1) is 0 Å². The van der Waals surface area contributed by atoms with Crippen molar-refractivity contribution in [3.8, 4) is 11.5 Å². The Morgan fingerprint density at radius 2 is 1.48 bits per heavy atom. The van der Waals surface area contributed by atoms with Gasteiger partial charge in [0.15, 0.2) is 6.10 Å². The number of para-hydroxylation sites is 1. The van der Waals surface area contributed by atoms with Gasteiger partial charge in [-0.1, -0.05) is 18.2 Å². The molecule has 0 spiro atoms. The third-order valence-electron chi connectivity index (χ3n) is 3.07. The molecule has 0 heterocycles. The number of ether oxygens (including phenoxy) is 1. The van der Waals surface area contributed by atoms with Crippen LogP contribution < -0.4 is 21.5 Å². The van der Waals surface area contributed by atoms with Gasteiger partial charge in [0, 0.05) is 5.69 Å². The molecule has 2 unspecified atom stereocenters. The second-order valence-electron chi connectivity index (χ2n) is 4.81. The first kappa shape index (κ1) is 16.3. The Morgan fingerprint density at radius 1 is 0.913 bits per heavy atom. The molecule has 2 aromatic rings. The van der Waals surface area contributed by atoms with Crippen LogP contribution in [0.5, 0.6) is 11.5 Å². The predicted octanol–water partition coefficient (Wildman–Crippen LogP) is 0.591. The van der Waals surface area contributed by atoms with Crippen molar-refractivity contribution >= 4 is 17.5 Å². The van der Waals surface area contributed by atoms with E-state index in [0.29, 0.717) is 17.2 Å². The van der Waals surface area contributed by atoms with E-state index in [1.807, 2.05) is 30.3 Å². The van der Waals surface area contributed by atoms with Crippen LogP contribution in [-0.4, -0.2) is 29.1 Å². The van der Waals surface area contributed by atoms with Crippen LogP contribution in [0.25, 0.3) is 0 Å². The number of aliphatic hydroxyl groups excluding tert-OH is 1. The van der Waals surface area contributed by atoms with Crippen molar-refractivity contribution in [1.82, 2.24) is 0 Å². The van der Waals surface area contributed by atoms with E-state index in [0.717, 1.165) is 0 Å². The molecule has 7 nitrogen and oxygen atoms in total. The topological polar surface area (TPSA) is 128 Å². The zero-order valence-corrected chi connectivity index (χ0v) is 12.2. The van der Waals surface area contributed by atoms with E-state index >= 15 is 0 Å². The lowest BCUT2D eigenvalue weighted by molar-refractivity contribution is -0.132. The van der Waals surface area contributed by atoms with Gasteiger partial charge in [0.25, 0.3) is 0 Å². The number of carbonyl (C=O) groups excluding carboxylic acids is 2. The standard InChI is InChI=1S/C16H17N3O4/c17-15(21)13(14(20)16(18)22)19-10-6-8-12(9-7-10)23-11-4-2-1-3-5-11/h1-9,13-14,19-20H,(H2,17,21)(H2,18,22). The first-order valence-electron chi connectivity index (χ1n) is 6.83. The van der Waals surface area contributed by atoms with Gasteiger partial charge < -0.3 is 26.6 Å². The lowest BCUT2D eigenvalue weighted by Crippen LogP contribution is -2.50. The maximum Gasteiger partial charge on any atom is 0.248 e. The molecule has 2 aromatic carbocycles. The van der Waals surface area contributed by atoms with Gasteiger partial charge in [0.2, 0.25) is 11.8 Å². The number of primary amides is 2. The fraction of sp³-hybridized carbons (Fsp3) is 0.125. The van der Waals surface area contributed by atoms with Crippen molar-refractivity contribution in [3.63, 3.8) is 0 Å². The van der Waals surface area contributed by atoms with Crippen molar-refractivity contribution in [2.75, 3.05) is 5.32 Å². The summed E-state index contributed by atoms with van der Waals surface area (Å²) in [6.07, 6.45) is -1.72. The van der Waals surface area contributed by atoms with Crippen LogP contribution in [0.4, 0.5) is 5.69 Å². The molecule has 2 atom stereocenters. The second kappa shape index (κ2) is 7.28.